The third-order valence-electron chi connectivity index (χ3n) is 5.83. The number of rotatable bonds is 6. The summed E-state index contributed by atoms with van der Waals surface area (Å²) in [5.74, 6) is 1.20. The van der Waals surface area contributed by atoms with E-state index in [2.05, 4.69) is 10.1 Å². The standard InChI is InChI=1S/C28H24N4O3/c1-19-16-26(32(30-19)21-8-4-3-5-9-21)29-17-25-23-10-6-7-11-24(23)27(33)31(28(25)34)18-20-12-14-22(35-2)15-13-20/h3-17,34H,18H2,1-2H3/b29-17+. The zero-order valence-electron chi connectivity index (χ0n) is 19.4. The van der Waals surface area contributed by atoms with E-state index in [1.165, 1.54) is 4.57 Å². The average molecular weight is 465 g/mol. The molecule has 0 atom stereocenters. The molecular weight excluding hydrogens is 440 g/mol. The van der Waals surface area contributed by atoms with E-state index in [1.54, 1.807) is 24.1 Å². The van der Waals surface area contributed by atoms with Crippen molar-refractivity contribution in [2.75, 3.05) is 7.11 Å². The van der Waals surface area contributed by atoms with Gasteiger partial charge < -0.3 is 9.84 Å². The summed E-state index contributed by atoms with van der Waals surface area (Å²) in [5, 5.41) is 16.9. The number of aromatic nitrogens is 3. The fourth-order valence-corrected chi connectivity index (χ4v) is 4.07. The van der Waals surface area contributed by atoms with Crippen LogP contribution in [0.1, 0.15) is 16.8 Å². The number of ether oxygens (including phenoxy) is 1. The molecule has 7 nitrogen and oxygen atoms in total. The van der Waals surface area contributed by atoms with Crippen molar-refractivity contribution in [3.8, 4) is 17.3 Å². The van der Waals surface area contributed by atoms with Crippen molar-refractivity contribution in [3.63, 3.8) is 0 Å². The molecule has 0 aliphatic carbocycles. The number of fused-ring (bicyclic) bond motifs is 1. The number of aliphatic imine (C=N–C) groups is 1. The largest absolute Gasteiger partial charge is 0.497 e. The first kappa shape index (κ1) is 22.2. The van der Waals surface area contributed by atoms with Gasteiger partial charge >= 0.3 is 0 Å². The number of hydrogen-bond acceptors (Lipinski definition) is 5. The van der Waals surface area contributed by atoms with Gasteiger partial charge in [-0.25, -0.2) is 9.67 Å². The summed E-state index contributed by atoms with van der Waals surface area (Å²) >= 11 is 0. The molecule has 2 heterocycles. The number of aryl methyl sites for hydroxylation is 1. The molecule has 0 fully saturated rings. The lowest BCUT2D eigenvalue weighted by Gasteiger charge is -2.14. The molecule has 3 aromatic carbocycles. The molecule has 0 aliphatic rings. The second-order valence-electron chi connectivity index (χ2n) is 8.17. The molecule has 5 rings (SSSR count). The minimum absolute atomic E-state index is 0.143. The molecule has 0 amide bonds. The smallest absolute Gasteiger partial charge is 0.261 e. The quantitative estimate of drug-likeness (QED) is 0.358. The average Bonchev–Trinajstić information content (AvgIpc) is 3.27. The Morgan fingerprint density at radius 2 is 1.66 bits per heavy atom. The normalized spacial score (nSPS) is 11.4. The predicted molar refractivity (Wildman–Crippen MR) is 138 cm³/mol. The van der Waals surface area contributed by atoms with Gasteiger partial charge in [-0.1, -0.05) is 48.5 Å². The summed E-state index contributed by atoms with van der Waals surface area (Å²) in [6.45, 7) is 2.11. The summed E-state index contributed by atoms with van der Waals surface area (Å²) in [6.07, 6.45) is 1.59. The summed E-state index contributed by atoms with van der Waals surface area (Å²) in [6, 6.07) is 26.2. The first-order valence-electron chi connectivity index (χ1n) is 11.2. The fourth-order valence-electron chi connectivity index (χ4n) is 4.07. The maximum Gasteiger partial charge on any atom is 0.261 e. The van der Waals surface area contributed by atoms with Crippen molar-refractivity contribution in [1.82, 2.24) is 14.3 Å². The van der Waals surface area contributed by atoms with Crippen LogP contribution in [0, 0.1) is 6.92 Å². The molecule has 7 heteroatoms. The second-order valence-corrected chi connectivity index (χ2v) is 8.17. The highest BCUT2D eigenvalue weighted by Crippen LogP contribution is 2.26. The topological polar surface area (TPSA) is 81.6 Å². The Labute approximate surface area is 202 Å². The van der Waals surface area contributed by atoms with Crippen molar-refractivity contribution in [2.24, 2.45) is 4.99 Å². The Morgan fingerprint density at radius 3 is 2.37 bits per heavy atom. The Kier molecular flexibility index (Phi) is 5.89. The summed E-state index contributed by atoms with van der Waals surface area (Å²) in [7, 11) is 1.60. The minimum atomic E-state index is -0.267. The highest BCUT2D eigenvalue weighted by molar-refractivity contribution is 6.02. The monoisotopic (exact) mass is 464 g/mol. The van der Waals surface area contributed by atoms with Crippen LogP contribution in [0.15, 0.2) is 94.7 Å². The lowest BCUT2D eigenvalue weighted by molar-refractivity contribution is 0.412. The Hall–Kier alpha value is -4.65. The van der Waals surface area contributed by atoms with Crippen LogP contribution in [-0.2, 0) is 6.54 Å². The van der Waals surface area contributed by atoms with Crippen LogP contribution in [0.5, 0.6) is 11.6 Å². The number of hydrogen-bond donors (Lipinski definition) is 1. The van der Waals surface area contributed by atoms with Crippen LogP contribution in [-0.4, -0.2) is 32.8 Å². The van der Waals surface area contributed by atoms with Gasteiger partial charge in [0.1, 0.15) is 5.75 Å². The second kappa shape index (κ2) is 9.30. The van der Waals surface area contributed by atoms with Gasteiger partial charge in [0.25, 0.3) is 5.56 Å². The molecule has 0 bridgehead atoms. The van der Waals surface area contributed by atoms with E-state index in [0.717, 1.165) is 22.7 Å². The lowest BCUT2D eigenvalue weighted by Crippen LogP contribution is -2.22. The van der Waals surface area contributed by atoms with E-state index in [9.17, 15) is 9.90 Å². The first-order chi connectivity index (χ1) is 17.0. The van der Waals surface area contributed by atoms with Crippen LogP contribution in [0.3, 0.4) is 0 Å². The van der Waals surface area contributed by atoms with Crippen molar-refractivity contribution < 1.29 is 9.84 Å². The zero-order valence-corrected chi connectivity index (χ0v) is 19.4. The number of aromatic hydroxyl groups is 1. The molecule has 0 aliphatic heterocycles. The predicted octanol–water partition coefficient (Wildman–Crippen LogP) is 5.01. The number of methoxy groups -OCH3 is 1. The van der Waals surface area contributed by atoms with E-state index in [-0.39, 0.29) is 18.0 Å². The van der Waals surface area contributed by atoms with Crippen LogP contribution < -0.4 is 10.3 Å². The van der Waals surface area contributed by atoms with Gasteiger partial charge in [-0.2, -0.15) is 5.10 Å². The van der Waals surface area contributed by atoms with Gasteiger partial charge in [-0.15, -0.1) is 0 Å². The highest BCUT2D eigenvalue weighted by atomic mass is 16.5. The third-order valence-corrected chi connectivity index (χ3v) is 5.83. The Balaban J connectivity index is 1.62. The summed E-state index contributed by atoms with van der Waals surface area (Å²) in [4.78, 5) is 17.9. The van der Waals surface area contributed by atoms with Crippen molar-refractivity contribution in [2.45, 2.75) is 13.5 Å². The van der Waals surface area contributed by atoms with Gasteiger partial charge in [0.2, 0.25) is 5.88 Å². The molecule has 5 aromatic rings. The third kappa shape index (κ3) is 4.31. The fraction of sp³-hybridized carbons (Fsp3) is 0.107. The van der Waals surface area contributed by atoms with Crippen molar-refractivity contribution in [3.05, 3.63) is 112 Å². The minimum Gasteiger partial charge on any atom is -0.497 e. The summed E-state index contributed by atoms with van der Waals surface area (Å²) < 4.78 is 8.33. The SMILES string of the molecule is COc1ccc(Cn2c(O)c(/C=N/c3cc(C)nn3-c3ccccc3)c3ccccc3c2=O)cc1. The molecule has 0 unspecified atom stereocenters. The summed E-state index contributed by atoms with van der Waals surface area (Å²) in [5.41, 5.74) is 2.76. The maximum absolute atomic E-state index is 13.3. The highest BCUT2D eigenvalue weighted by Gasteiger charge is 2.16. The van der Waals surface area contributed by atoms with Gasteiger partial charge in [0, 0.05) is 23.1 Å². The number of pyridine rings is 1. The van der Waals surface area contributed by atoms with Crippen LogP contribution in [0.4, 0.5) is 5.82 Å². The van der Waals surface area contributed by atoms with Gasteiger partial charge in [-0.05, 0) is 42.8 Å². The molecule has 35 heavy (non-hydrogen) atoms. The number of benzene rings is 3. The molecule has 2 aromatic heterocycles. The van der Waals surface area contributed by atoms with E-state index < -0.39 is 0 Å². The zero-order chi connectivity index (χ0) is 24.4. The van der Waals surface area contributed by atoms with Crippen LogP contribution >= 0.6 is 0 Å². The molecule has 0 radical (unpaired) electrons. The lowest BCUT2D eigenvalue weighted by atomic mass is 10.1. The van der Waals surface area contributed by atoms with E-state index >= 15 is 0 Å². The first-order valence-corrected chi connectivity index (χ1v) is 11.2. The molecule has 0 spiro atoms. The van der Waals surface area contributed by atoms with Crippen molar-refractivity contribution in [1.29, 1.82) is 0 Å². The molecule has 174 valence electrons. The van der Waals surface area contributed by atoms with Gasteiger partial charge in [-0.3, -0.25) is 9.36 Å². The number of nitrogens with zero attached hydrogens (tertiary/aromatic N) is 4. The van der Waals surface area contributed by atoms with E-state index in [4.69, 9.17) is 4.74 Å². The Bertz CT molecular complexity index is 1580. The van der Waals surface area contributed by atoms with Gasteiger partial charge in [0.15, 0.2) is 5.82 Å². The van der Waals surface area contributed by atoms with E-state index in [0.29, 0.717) is 22.2 Å². The molecule has 0 saturated heterocycles. The van der Waals surface area contributed by atoms with Crippen LogP contribution in [0.2, 0.25) is 0 Å². The van der Waals surface area contributed by atoms with Crippen LogP contribution in [0.25, 0.3) is 16.5 Å². The van der Waals surface area contributed by atoms with E-state index in [1.807, 2.05) is 85.8 Å². The number of para-hydroxylation sites is 1. The van der Waals surface area contributed by atoms with Crippen molar-refractivity contribution >= 4 is 22.8 Å². The van der Waals surface area contributed by atoms with Gasteiger partial charge in [0.05, 0.1) is 30.6 Å². The Morgan fingerprint density at radius 1 is 0.971 bits per heavy atom. The molecule has 1 N–H and O–H groups in total. The molecule has 0 saturated carbocycles. The maximum atomic E-state index is 13.3. The molecular formula is C28H24N4O3.